The van der Waals surface area contributed by atoms with Crippen molar-refractivity contribution >= 4 is 29.5 Å². The summed E-state index contributed by atoms with van der Waals surface area (Å²) in [6.45, 7) is 3.14. The highest BCUT2D eigenvalue weighted by molar-refractivity contribution is 6.20. The lowest BCUT2D eigenvalue weighted by Crippen LogP contribution is -2.59. The van der Waals surface area contributed by atoms with Crippen molar-refractivity contribution in [1.82, 2.24) is 0 Å². The second-order valence-electron chi connectivity index (χ2n) is 4.57. The average molecular weight is 338 g/mol. The van der Waals surface area contributed by atoms with Gasteiger partial charge < -0.3 is 18.9 Å². The Labute approximate surface area is 131 Å². The standard InChI is InChI=1S/C12H16ClNO8/c1-5(15)19-4-8-10(20-6(2)16)11(21-7(3)17)9(14-18)12(13)22-8/h8-12H,4H2,1-3H3/t8-,9-,10+,11-,12+/m1/s1. The maximum absolute atomic E-state index is 11.2. The first-order valence-corrected chi connectivity index (χ1v) is 6.79. The van der Waals surface area contributed by atoms with Gasteiger partial charge in [-0.05, 0) is 0 Å². The SMILES string of the molecule is CC(=O)OC[C@H]1O[C@H](Cl)[C@H](N=O)[C@@H](OC(C)=O)[C@H]1OC(C)=O. The van der Waals surface area contributed by atoms with E-state index < -0.39 is 47.8 Å². The van der Waals surface area contributed by atoms with E-state index >= 15 is 0 Å². The van der Waals surface area contributed by atoms with Crippen molar-refractivity contribution < 1.29 is 33.3 Å². The first-order chi connectivity index (χ1) is 10.3. The molecule has 1 rings (SSSR count). The average Bonchev–Trinajstić information content (AvgIpc) is 2.39. The van der Waals surface area contributed by atoms with Crippen LogP contribution in [0, 0.1) is 4.91 Å². The van der Waals surface area contributed by atoms with Gasteiger partial charge in [0, 0.05) is 20.8 Å². The van der Waals surface area contributed by atoms with Gasteiger partial charge in [0.25, 0.3) is 0 Å². The zero-order valence-electron chi connectivity index (χ0n) is 12.2. The lowest BCUT2D eigenvalue weighted by atomic mass is 9.98. The predicted molar refractivity (Wildman–Crippen MR) is 71.8 cm³/mol. The van der Waals surface area contributed by atoms with Crippen molar-refractivity contribution in [3.63, 3.8) is 0 Å². The van der Waals surface area contributed by atoms with E-state index in [2.05, 4.69) is 5.18 Å². The summed E-state index contributed by atoms with van der Waals surface area (Å²) in [6, 6.07) is -1.27. The molecule has 9 nitrogen and oxygen atoms in total. The van der Waals surface area contributed by atoms with E-state index in [9.17, 15) is 19.3 Å². The molecule has 124 valence electrons. The molecule has 22 heavy (non-hydrogen) atoms. The Balaban J connectivity index is 3.04. The molecule has 0 N–H and O–H groups in total. The Bertz CT molecular complexity index is 456. The van der Waals surface area contributed by atoms with Crippen molar-refractivity contribution in [2.24, 2.45) is 5.18 Å². The topological polar surface area (TPSA) is 118 Å². The molecule has 0 radical (unpaired) electrons. The minimum atomic E-state index is -1.27. The molecule has 1 saturated heterocycles. The Morgan fingerprint density at radius 1 is 1.05 bits per heavy atom. The van der Waals surface area contributed by atoms with Gasteiger partial charge >= 0.3 is 17.9 Å². The number of hydrogen-bond acceptors (Lipinski definition) is 9. The summed E-state index contributed by atoms with van der Waals surface area (Å²) in [4.78, 5) is 44.3. The van der Waals surface area contributed by atoms with E-state index in [0.717, 1.165) is 13.8 Å². The summed E-state index contributed by atoms with van der Waals surface area (Å²) in [5, 5.41) is 2.77. The molecule has 1 aliphatic rings. The van der Waals surface area contributed by atoms with Crippen LogP contribution in [0.3, 0.4) is 0 Å². The number of ether oxygens (including phenoxy) is 4. The number of carbonyl (C=O) groups excluding carboxylic acids is 3. The number of rotatable bonds is 5. The number of nitroso groups, excluding NO2 is 1. The summed E-state index contributed by atoms with van der Waals surface area (Å²) in [5.41, 5.74) is -1.23. The highest BCUT2D eigenvalue weighted by Gasteiger charge is 2.50. The van der Waals surface area contributed by atoms with Crippen molar-refractivity contribution in [2.45, 2.75) is 50.7 Å². The fourth-order valence-corrected chi connectivity index (χ4v) is 2.31. The molecule has 0 aromatic heterocycles. The predicted octanol–water partition coefficient (Wildman–Crippen LogP) is 0.512. The Kier molecular flexibility index (Phi) is 6.69. The first kappa shape index (κ1) is 18.3. The number of carbonyl (C=O) groups is 3. The third-order valence-corrected chi connectivity index (χ3v) is 3.14. The summed E-state index contributed by atoms with van der Waals surface area (Å²) in [5.74, 6) is -2.00. The number of alkyl halides is 1. The van der Waals surface area contributed by atoms with Gasteiger partial charge in [-0.2, -0.15) is 4.91 Å². The summed E-state index contributed by atoms with van der Waals surface area (Å²) < 4.78 is 20.1. The van der Waals surface area contributed by atoms with Crippen LogP contribution < -0.4 is 0 Å². The lowest BCUT2D eigenvalue weighted by molar-refractivity contribution is -0.209. The number of hydrogen-bond donors (Lipinski definition) is 0. The summed E-state index contributed by atoms with van der Waals surface area (Å²) in [7, 11) is 0. The molecule has 10 heteroatoms. The maximum Gasteiger partial charge on any atom is 0.303 e. The van der Waals surface area contributed by atoms with Gasteiger partial charge in [-0.3, -0.25) is 14.4 Å². The van der Waals surface area contributed by atoms with Gasteiger partial charge in [-0.25, -0.2) is 0 Å². The highest BCUT2D eigenvalue weighted by Crippen LogP contribution is 2.30. The molecule has 0 spiro atoms. The minimum Gasteiger partial charge on any atom is -0.463 e. The fraction of sp³-hybridized carbons (Fsp3) is 0.750. The van der Waals surface area contributed by atoms with Gasteiger partial charge in [0.2, 0.25) is 0 Å². The highest BCUT2D eigenvalue weighted by atomic mass is 35.5. The van der Waals surface area contributed by atoms with E-state index in [1.807, 2.05) is 0 Å². The van der Waals surface area contributed by atoms with Gasteiger partial charge in [-0.15, -0.1) is 0 Å². The van der Waals surface area contributed by atoms with Crippen LogP contribution in [-0.4, -0.2) is 54.4 Å². The third kappa shape index (κ3) is 4.92. The fourth-order valence-electron chi connectivity index (χ4n) is 1.98. The van der Waals surface area contributed by atoms with Gasteiger partial charge in [0.05, 0.1) is 0 Å². The van der Waals surface area contributed by atoms with Crippen LogP contribution in [0.15, 0.2) is 5.18 Å². The molecule has 0 saturated carbocycles. The normalized spacial score (nSPS) is 31.0. The second kappa shape index (κ2) is 8.04. The minimum absolute atomic E-state index is 0.292. The van der Waals surface area contributed by atoms with Crippen LogP contribution in [0.4, 0.5) is 0 Å². The van der Waals surface area contributed by atoms with E-state index in [-0.39, 0.29) is 6.61 Å². The third-order valence-electron chi connectivity index (χ3n) is 2.78. The van der Waals surface area contributed by atoms with E-state index in [0.29, 0.717) is 0 Å². The molecule has 0 amide bonds. The molecule has 0 aromatic carbocycles. The van der Waals surface area contributed by atoms with Crippen LogP contribution in [0.25, 0.3) is 0 Å². The maximum atomic E-state index is 11.2. The van der Waals surface area contributed by atoms with Crippen molar-refractivity contribution in [3.8, 4) is 0 Å². The van der Waals surface area contributed by atoms with Crippen molar-refractivity contribution in [2.75, 3.05) is 6.61 Å². The molecule has 0 bridgehead atoms. The van der Waals surface area contributed by atoms with Crippen molar-refractivity contribution in [1.29, 1.82) is 0 Å². The largest absolute Gasteiger partial charge is 0.463 e. The summed E-state index contributed by atoms with van der Waals surface area (Å²) >= 11 is 5.88. The molecule has 0 aromatic rings. The van der Waals surface area contributed by atoms with E-state index in [1.54, 1.807) is 0 Å². The molecule has 1 fully saturated rings. The van der Waals surface area contributed by atoms with Crippen LogP contribution in [0.5, 0.6) is 0 Å². The van der Waals surface area contributed by atoms with Crippen LogP contribution in [0.1, 0.15) is 20.8 Å². The second-order valence-corrected chi connectivity index (χ2v) is 5.00. The lowest BCUT2D eigenvalue weighted by Gasteiger charge is -2.40. The molecule has 1 heterocycles. The Morgan fingerprint density at radius 3 is 2.05 bits per heavy atom. The van der Waals surface area contributed by atoms with Crippen LogP contribution in [0.2, 0.25) is 0 Å². The molecule has 5 atom stereocenters. The molecule has 0 unspecified atom stereocenters. The summed E-state index contributed by atoms with van der Waals surface area (Å²) in [6.07, 6.45) is -3.42. The van der Waals surface area contributed by atoms with Crippen LogP contribution in [-0.2, 0) is 33.3 Å². The van der Waals surface area contributed by atoms with E-state index in [1.165, 1.54) is 6.92 Å². The van der Waals surface area contributed by atoms with E-state index in [4.69, 9.17) is 30.5 Å². The zero-order chi connectivity index (χ0) is 16.9. The Hall–Kier alpha value is -1.74. The van der Waals surface area contributed by atoms with Crippen molar-refractivity contribution in [3.05, 3.63) is 4.91 Å². The van der Waals surface area contributed by atoms with Gasteiger partial charge in [0.1, 0.15) is 12.7 Å². The van der Waals surface area contributed by atoms with Crippen LogP contribution >= 0.6 is 11.6 Å². The first-order valence-electron chi connectivity index (χ1n) is 6.36. The molecular weight excluding hydrogens is 322 g/mol. The van der Waals surface area contributed by atoms with Gasteiger partial charge in [0.15, 0.2) is 23.8 Å². The molecular formula is C12H16ClNO8. The number of halogens is 1. The number of nitrogens with zero attached hydrogens (tertiary/aromatic N) is 1. The zero-order valence-corrected chi connectivity index (χ0v) is 12.9. The monoisotopic (exact) mass is 337 g/mol. The Morgan fingerprint density at radius 2 is 1.59 bits per heavy atom. The quantitative estimate of drug-likeness (QED) is 0.308. The molecule has 0 aliphatic carbocycles. The number of esters is 3. The molecule has 1 aliphatic heterocycles. The van der Waals surface area contributed by atoms with Gasteiger partial charge in [-0.1, -0.05) is 16.8 Å². The smallest absolute Gasteiger partial charge is 0.303 e.